The molecule has 60 valence electrons. The molecule has 0 aromatic carbocycles. The molecule has 0 aliphatic carbocycles. The fraction of sp³-hybridized carbons (Fsp3) is 0.833. The summed E-state index contributed by atoms with van der Waals surface area (Å²) in [5.74, 6) is -0.769. The Labute approximate surface area is 77.3 Å². The van der Waals surface area contributed by atoms with Crippen LogP contribution in [0.4, 0.5) is 0 Å². The van der Waals surface area contributed by atoms with Gasteiger partial charge in [0.2, 0.25) is 0 Å². The molecular weight excluding hydrogens is 264 g/mol. The van der Waals surface area contributed by atoms with Crippen LogP contribution in [-0.2, 0) is 4.79 Å². The maximum absolute atomic E-state index is 10.2. The second kappa shape index (κ2) is 6.16. The lowest BCUT2D eigenvalue weighted by Crippen LogP contribution is -2.11. The van der Waals surface area contributed by atoms with Gasteiger partial charge in [0.1, 0.15) is 4.83 Å². The van der Waals surface area contributed by atoms with E-state index in [0.717, 1.165) is 18.2 Å². The molecule has 0 aliphatic rings. The van der Waals surface area contributed by atoms with Crippen molar-refractivity contribution in [1.82, 2.24) is 0 Å². The Balaban J connectivity index is 3.21. The number of halogens is 2. The number of hydrogen-bond acceptors (Lipinski definition) is 1. The number of carboxylic acid groups (broad SMARTS) is 1. The molecule has 0 bridgehead atoms. The molecule has 10 heavy (non-hydrogen) atoms. The van der Waals surface area contributed by atoms with Gasteiger partial charge in [-0.15, -0.1) is 0 Å². The van der Waals surface area contributed by atoms with E-state index in [4.69, 9.17) is 5.11 Å². The molecule has 1 N–H and O–H groups in total. The average Bonchev–Trinajstić information content (AvgIpc) is 1.88. The van der Waals surface area contributed by atoms with Gasteiger partial charge in [-0.05, 0) is 12.8 Å². The van der Waals surface area contributed by atoms with Crippen LogP contribution in [0.25, 0.3) is 0 Å². The van der Waals surface area contributed by atoms with Crippen LogP contribution in [0, 0.1) is 0 Å². The Kier molecular flexibility index (Phi) is 6.43. The Morgan fingerprint density at radius 2 is 2.10 bits per heavy atom. The van der Waals surface area contributed by atoms with Crippen molar-refractivity contribution in [1.29, 1.82) is 0 Å². The van der Waals surface area contributed by atoms with Gasteiger partial charge in [0.25, 0.3) is 0 Å². The van der Waals surface area contributed by atoms with Crippen molar-refractivity contribution in [3.8, 4) is 0 Å². The summed E-state index contributed by atoms with van der Waals surface area (Å²) in [6.07, 6.45) is 2.70. The molecule has 0 spiro atoms. The van der Waals surface area contributed by atoms with Crippen LogP contribution >= 0.6 is 31.9 Å². The first kappa shape index (κ1) is 10.4. The quantitative estimate of drug-likeness (QED) is 0.617. The third-order valence-electron chi connectivity index (χ3n) is 1.11. The van der Waals surface area contributed by atoms with E-state index in [-0.39, 0.29) is 4.83 Å². The Bertz CT molecular complexity index is 106. The fourth-order valence-electron chi connectivity index (χ4n) is 0.542. The number of rotatable bonds is 5. The van der Waals surface area contributed by atoms with Gasteiger partial charge in [0, 0.05) is 5.33 Å². The molecule has 0 aromatic rings. The zero-order valence-corrected chi connectivity index (χ0v) is 8.69. The van der Waals surface area contributed by atoms with Gasteiger partial charge in [0.05, 0.1) is 0 Å². The predicted molar refractivity (Wildman–Crippen MR) is 48.0 cm³/mol. The van der Waals surface area contributed by atoms with E-state index in [0.29, 0.717) is 6.42 Å². The van der Waals surface area contributed by atoms with Crippen molar-refractivity contribution < 1.29 is 9.90 Å². The molecule has 0 aliphatic heterocycles. The number of carbonyl (C=O) groups is 1. The smallest absolute Gasteiger partial charge is 0.317 e. The predicted octanol–water partition coefficient (Wildman–Crippen LogP) is 2.40. The highest BCUT2D eigenvalue weighted by Gasteiger charge is 2.10. The van der Waals surface area contributed by atoms with Crippen molar-refractivity contribution in [2.45, 2.75) is 24.1 Å². The zero-order valence-electron chi connectivity index (χ0n) is 5.52. The highest BCUT2D eigenvalue weighted by molar-refractivity contribution is 9.10. The summed E-state index contributed by atoms with van der Waals surface area (Å²) in [5.41, 5.74) is 0. The average molecular weight is 274 g/mol. The van der Waals surface area contributed by atoms with Gasteiger partial charge in [0.15, 0.2) is 0 Å². The number of alkyl halides is 2. The van der Waals surface area contributed by atoms with Crippen LogP contribution in [0.5, 0.6) is 0 Å². The molecular formula is C6H10Br2O2. The first-order chi connectivity index (χ1) is 4.68. The zero-order chi connectivity index (χ0) is 7.98. The van der Waals surface area contributed by atoms with Gasteiger partial charge in [-0.25, -0.2) is 0 Å². The summed E-state index contributed by atoms with van der Waals surface area (Å²) >= 11 is 6.33. The molecule has 0 saturated carbocycles. The largest absolute Gasteiger partial charge is 0.480 e. The van der Waals surface area contributed by atoms with E-state index < -0.39 is 5.97 Å². The van der Waals surface area contributed by atoms with E-state index >= 15 is 0 Å². The second-order valence-corrected chi connectivity index (χ2v) is 3.89. The van der Waals surface area contributed by atoms with Crippen molar-refractivity contribution in [3.63, 3.8) is 0 Å². The second-order valence-electron chi connectivity index (χ2n) is 1.99. The van der Waals surface area contributed by atoms with Crippen molar-refractivity contribution in [2.75, 3.05) is 5.33 Å². The number of carboxylic acids is 1. The maximum atomic E-state index is 10.2. The summed E-state index contributed by atoms with van der Waals surface area (Å²) < 4.78 is 0. The molecule has 1 atom stereocenters. The Morgan fingerprint density at radius 1 is 1.50 bits per heavy atom. The van der Waals surface area contributed by atoms with Crippen LogP contribution in [0.1, 0.15) is 19.3 Å². The third kappa shape index (κ3) is 5.23. The normalized spacial score (nSPS) is 13.0. The van der Waals surface area contributed by atoms with E-state index in [1.165, 1.54) is 0 Å². The minimum Gasteiger partial charge on any atom is -0.480 e. The van der Waals surface area contributed by atoms with E-state index in [2.05, 4.69) is 31.9 Å². The standard InChI is InChI=1S/C6H10Br2O2/c7-4-2-1-3-5(8)6(9)10/h5H,1-4H2,(H,9,10). The highest BCUT2D eigenvalue weighted by atomic mass is 79.9. The fourth-order valence-corrected chi connectivity index (χ4v) is 1.26. The molecule has 0 rings (SSSR count). The first-order valence-electron chi connectivity index (χ1n) is 3.11. The Morgan fingerprint density at radius 3 is 2.50 bits per heavy atom. The van der Waals surface area contributed by atoms with Crippen LogP contribution in [0.15, 0.2) is 0 Å². The topological polar surface area (TPSA) is 37.3 Å². The lowest BCUT2D eigenvalue weighted by Gasteiger charge is -2.01. The van der Waals surface area contributed by atoms with Crippen LogP contribution < -0.4 is 0 Å². The summed E-state index contributed by atoms with van der Waals surface area (Å²) in [7, 11) is 0. The minimum absolute atomic E-state index is 0.369. The molecule has 0 radical (unpaired) electrons. The monoisotopic (exact) mass is 272 g/mol. The summed E-state index contributed by atoms with van der Waals surface area (Å²) in [5, 5.41) is 9.37. The van der Waals surface area contributed by atoms with Gasteiger partial charge < -0.3 is 5.11 Å². The lowest BCUT2D eigenvalue weighted by atomic mass is 10.2. The molecule has 0 amide bonds. The van der Waals surface area contributed by atoms with Crippen LogP contribution in [0.3, 0.4) is 0 Å². The molecule has 4 heteroatoms. The molecule has 0 fully saturated rings. The van der Waals surface area contributed by atoms with Gasteiger partial charge in [-0.3, -0.25) is 4.79 Å². The number of unbranched alkanes of at least 4 members (excludes halogenated alkanes) is 1. The van der Waals surface area contributed by atoms with E-state index in [1.807, 2.05) is 0 Å². The van der Waals surface area contributed by atoms with Gasteiger partial charge in [-0.1, -0.05) is 38.3 Å². The molecule has 0 heterocycles. The third-order valence-corrected chi connectivity index (χ3v) is 2.52. The van der Waals surface area contributed by atoms with Gasteiger partial charge in [-0.2, -0.15) is 0 Å². The van der Waals surface area contributed by atoms with Crippen LogP contribution in [-0.4, -0.2) is 21.2 Å². The SMILES string of the molecule is O=C(O)C(Br)CCCCBr. The maximum Gasteiger partial charge on any atom is 0.317 e. The lowest BCUT2D eigenvalue weighted by molar-refractivity contribution is -0.136. The first-order valence-corrected chi connectivity index (χ1v) is 5.15. The molecule has 2 nitrogen and oxygen atoms in total. The summed E-state index contributed by atoms with van der Waals surface area (Å²) in [6, 6.07) is 0. The minimum atomic E-state index is -0.769. The molecule has 1 unspecified atom stereocenters. The number of aliphatic carboxylic acids is 1. The highest BCUT2D eigenvalue weighted by Crippen LogP contribution is 2.10. The Hall–Kier alpha value is 0.430. The summed E-state index contributed by atoms with van der Waals surface area (Å²) in [6.45, 7) is 0. The van der Waals surface area contributed by atoms with Crippen molar-refractivity contribution >= 4 is 37.8 Å². The van der Waals surface area contributed by atoms with Crippen LogP contribution in [0.2, 0.25) is 0 Å². The summed E-state index contributed by atoms with van der Waals surface area (Å²) in [4.78, 5) is 9.87. The van der Waals surface area contributed by atoms with Crippen molar-refractivity contribution in [2.24, 2.45) is 0 Å². The number of hydrogen-bond donors (Lipinski definition) is 1. The van der Waals surface area contributed by atoms with Crippen molar-refractivity contribution in [3.05, 3.63) is 0 Å². The van der Waals surface area contributed by atoms with E-state index in [1.54, 1.807) is 0 Å². The van der Waals surface area contributed by atoms with Gasteiger partial charge >= 0.3 is 5.97 Å². The molecule has 0 saturated heterocycles. The molecule has 0 aromatic heterocycles. The van der Waals surface area contributed by atoms with E-state index in [9.17, 15) is 4.79 Å².